The number of hydrogen-bond acceptors (Lipinski definition) is 11. The Hall–Kier alpha value is -6.64. The predicted octanol–water partition coefficient (Wildman–Crippen LogP) is 5.40. The smallest absolute Gasteiger partial charge is 0.454 e. The third-order valence-electron chi connectivity index (χ3n) is 7.28. The summed E-state index contributed by atoms with van der Waals surface area (Å²) in [5.74, 6) is -0.846. The molecule has 0 spiro atoms. The number of aromatic nitrogens is 6. The van der Waals surface area contributed by atoms with Crippen molar-refractivity contribution in [2.24, 2.45) is 0 Å². The number of para-hydroxylation sites is 1. The van der Waals surface area contributed by atoms with E-state index in [1.807, 2.05) is 55.5 Å². The number of aromatic carboxylic acids is 1. The van der Waals surface area contributed by atoms with Gasteiger partial charge in [0.1, 0.15) is 13.2 Å². The standard InChI is InChI=1S/C33H27N7O8/c1-2-46-32-34-28-12-6-11-27(31(41)42)29(28)38(32)18-21-13-15-24(16-14-21)25-9-3-4-10-26(25)30-35-37-39(36-30)33(43)47-19-22-7-5-8-23(17-22)20-48-40(44)45/h3-17H,2,18-20H2,1H3,(H,41,42). The number of carbonyl (C=O) groups excluding carboxylic acids is 1. The third kappa shape index (κ3) is 6.79. The van der Waals surface area contributed by atoms with Crippen LogP contribution < -0.4 is 4.74 Å². The lowest BCUT2D eigenvalue weighted by molar-refractivity contribution is -0.763. The van der Waals surface area contributed by atoms with Crippen LogP contribution in [0.5, 0.6) is 6.01 Å². The Balaban J connectivity index is 1.19. The number of tetrazole rings is 1. The molecule has 0 unspecified atom stereocenters. The van der Waals surface area contributed by atoms with E-state index in [9.17, 15) is 24.8 Å². The molecule has 0 saturated heterocycles. The van der Waals surface area contributed by atoms with Gasteiger partial charge in [-0.05, 0) is 52.1 Å². The summed E-state index contributed by atoms with van der Waals surface area (Å²) in [6.07, 6.45) is -0.855. The zero-order valence-corrected chi connectivity index (χ0v) is 25.4. The summed E-state index contributed by atoms with van der Waals surface area (Å²) in [5.41, 5.74) is 5.45. The van der Waals surface area contributed by atoms with Crippen LogP contribution in [0.1, 0.15) is 34.0 Å². The van der Waals surface area contributed by atoms with E-state index in [-0.39, 0.29) is 24.6 Å². The molecule has 2 heterocycles. The molecule has 0 aliphatic carbocycles. The number of carboxylic acid groups (broad SMARTS) is 1. The summed E-state index contributed by atoms with van der Waals surface area (Å²) in [7, 11) is 0. The Morgan fingerprint density at radius 1 is 0.896 bits per heavy atom. The fourth-order valence-corrected chi connectivity index (χ4v) is 5.16. The van der Waals surface area contributed by atoms with Crippen molar-refractivity contribution in [3.8, 4) is 28.5 Å². The first-order valence-corrected chi connectivity index (χ1v) is 14.7. The highest BCUT2D eigenvalue weighted by molar-refractivity contribution is 6.01. The molecule has 15 heteroatoms. The van der Waals surface area contributed by atoms with Crippen molar-refractivity contribution in [3.05, 3.63) is 123 Å². The van der Waals surface area contributed by atoms with E-state index < -0.39 is 17.1 Å². The summed E-state index contributed by atoms with van der Waals surface area (Å²) in [6.45, 7) is 2.19. The highest BCUT2D eigenvalue weighted by Crippen LogP contribution is 2.31. The van der Waals surface area contributed by atoms with Gasteiger partial charge < -0.3 is 19.4 Å². The number of carbonyl (C=O) groups is 2. The molecule has 242 valence electrons. The Labute approximate surface area is 272 Å². The number of nitrogens with zero attached hydrogens (tertiary/aromatic N) is 7. The van der Waals surface area contributed by atoms with Gasteiger partial charge in [0.25, 0.3) is 11.1 Å². The van der Waals surface area contributed by atoms with Crippen LogP contribution in [-0.4, -0.2) is 58.6 Å². The van der Waals surface area contributed by atoms with E-state index in [0.29, 0.717) is 46.9 Å². The molecular formula is C33H27N7O8. The van der Waals surface area contributed by atoms with Crippen LogP contribution in [0.25, 0.3) is 33.5 Å². The Bertz CT molecular complexity index is 2120. The van der Waals surface area contributed by atoms with Crippen molar-refractivity contribution >= 4 is 23.1 Å². The second-order valence-corrected chi connectivity index (χ2v) is 10.4. The Kier molecular flexibility index (Phi) is 9.00. The molecule has 48 heavy (non-hydrogen) atoms. The van der Waals surface area contributed by atoms with Crippen molar-refractivity contribution in [2.75, 3.05) is 6.61 Å². The molecule has 2 aromatic heterocycles. The fraction of sp³-hybridized carbons (Fsp3) is 0.152. The lowest BCUT2D eigenvalue weighted by Crippen LogP contribution is -2.17. The minimum absolute atomic E-state index is 0.122. The minimum atomic E-state index is -1.05. The number of ether oxygens (including phenoxy) is 2. The van der Waals surface area contributed by atoms with Gasteiger partial charge in [0.05, 0.1) is 29.7 Å². The maximum absolute atomic E-state index is 12.7. The second kappa shape index (κ2) is 13.8. The topological polar surface area (TPSA) is 187 Å². The van der Waals surface area contributed by atoms with Crippen LogP contribution in [0.4, 0.5) is 4.79 Å². The summed E-state index contributed by atoms with van der Waals surface area (Å²) < 4.78 is 12.8. The first-order valence-electron chi connectivity index (χ1n) is 14.7. The molecule has 0 fully saturated rings. The van der Waals surface area contributed by atoms with Crippen LogP contribution in [0.3, 0.4) is 0 Å². The number of hydrogen-bond donors (Lipinski definition) is 1. The lowest BCUT2D eigenvalue weighted by Gasteiger charge is -2.12. The zero-order chi connectivity index (χ0) is 33.6. The average Bonchev–Trinajstić information content (AvgIpc) is 3.72. The van der Waals surface area contributed by atoms with Gasteiger partial charge in [0, 0.05) is 5.56 Å². The average molecular weight is 650 g/mol. The number of fused-ring (bicyclic) bond motifs is 1. The molecule has 0 bridgehead atoms. The molecule has 6 rings (SSSR count). The third-order valence-corrected chi connectivity index (χ3v) is 7.28. The molecule has 0 aliphatic heterocycles. The lowest BCUT2D eigenvalue weighted by atomic mass is 9.98. The van der Waals surface area contributed by atoms with Crippen LogP contribution >= 0.6 is 0 Å². The number of benzene rings is 4. The summed E-state index contributed by atoms with van der Waals surface area (Å²) >= 11 is 0. The summed E-state index contributed by atoms with van der Waals surface area (Å²) in [5, 5.41) is 31.6. The maximum Gasteiger partial charge on any atom is 0.454 e. The molecule has 15 nitrogen and oxygen atoms in total. The summed E-state index contributed by atoms with van der Waals surface area (Å²) in [6, 6.07) is 27.0. The van der Waals surface area contributed by atoms with Gasteiger partial charge in [-0.1, -0.05) is 83.7 Å². The van der Waals surface area contributed by atoms with Gasteiger partial charge in [0.2, 0.25) is 5.82 Å². The van der Waals surface area contributed by atoms with Gasteiger partial charge in [-0.25, -0.2) is 9.59 Å². The second-order valence-electron chi connectivity index (χ2n) is 10.4. The van der Waals surface area contributed by atoms with Gasteiger partial charge in [-0.3, -0.25) is 4.57 Å². The molecule has 0 radical (unpaired) electrons. The quantitative estimate of drug-likeness (QED) is 0.132. The first-order chi connectivity index (χ1) is 23.3. The molecule has 0 saturated carbocycles. The molecule has 0 amide bonds. The van der Waals surface area contributed by atoms with Gasteiger partial charge in [-0.15, -0.1) is 20.3 Å². The van der Waals surface area contributed by atoms with Crippen molar-refractivity contribution < 1.29 is 34.1 Å². The van der Waals surface area contributed by atoms with Crippen LogP contribution in [0, 0.1) is 10.1 Å². The van der Waals surface area contributed by atoms with E-state index in [4.69, 9.17) is 9.47 Å². The molecule has 4 aromatic carbocycles. The van der Waals surface area contributed by atoms with E-state index in [1.54, 1.807) is 47.0 Å². The van der Waals surface area contributed by atoms with Crippen LogP contribution in [0.2, 0.25) is 0 Å². The SMILES string of the molecule is CCOc1nc2cccc(C(=O)O)c2n1Cc1ccc(-c2ccccc2-c2nnn(C(=O)OCc3cccc(CO[N+](=O)[O-])c3)n2)cc1. The van der Waals surface area contributed by atoms with Crippen LogP contribution in [-0.2, 0) is 29.3 Å². The van der Waals surface area contributed by atoms with E-state index in [0.717, 1.165) is 21.5 Å². The van der Waals surface area contributed by atoms with Crippen molar-refractivity contribution in [2.45, 2.75) is 26.7 Å². The number of carboxylic acids is 1. The van der Waals surface area contributed by atoms with E-state index >= 15 is 0 Å². The Morgan fingerprint density at radius 2 is 1.62 bits per heavy atom. The van der Waals surface area contributed by atoms with Crippen molar-refractivity contribution in [3.63, 3.8) is 0 Å². The van der Waals surface area contributed by atoms with Crippen molar-refractivity contribution in [1.29, 1.82) is 0 Å². The van der Waals surface area contributed by atoms with Gasteiger partial charge >= 0.3 is 12.1 Å². The molecule has 6 aromatic rings. The molecule has 0 aliphatic rings. The highest BCUT2D eigenvalue weighted by atomic mass is 16.9. The molecular weight excluding hydrogens is 622 g/mol. The molecule has 0 atom stereocenters. The Morgan fingerprint density at radius 3 is 2.35 bits per heavy atom. The summed E-state index contributed by atoms with van der Waals surface area (Å²) in [4.78, 5) is 44.8. The van der Waals surface area contributed by atoms with Crippen LogP contribution in [0.15, 0.2) is 91.0 Å². The first kappa shape index (κ1) is 31.3. The number of rotatable bonds is 12. The molecule has 1 N–H and O–H groups in total. The van der Waals surface area contributed by atoms with Gasteiger partial charge in [0.15, 0.2) is 0 Å². The highest BCUT2D eigenvalue weighted by Gasteiger charge is 2.20. The fourth-order valence-electron chi connectivity index (χ4n) is 5.16. The van der Waals surface area contributed by atoms with E-state index in [1.165, 1.54) is 0 Å². The maximum atomic E-state index is 12.7. The monoisotopic (exact) mass is 649 g/mol. The minimum Gasteiger partial charge on any atom is -0.478 e. The van der Waals surface area contributed by atoms with E-state index in [2.05, 4.69) is 25.2 Å². The van der Waals surface area contributed by atoms with Crippen molar-refractivity contribution in [1.82, 2.24) is 29.8 Å². The number of imidazole rings is 1. The normalized spacial score (nSPS) is 10.9. The zero-order valence-electron chi connectivity index (χ0n) is 25.4. The largest absolute Gasteiger partial charge is 0.478 e. The predicted molar refractivity (Wildman–Crippen MR) is 169 cm³/mol. The van der Waals surface area contributed by atoms with Gasteiger partial charge in [-0.2, -0.15) is 4.98 Å².